The minimum Gasteiger partial charge on any atom is -0.155 e. The van der Waals surface area contributed by atoms with Crippen molar-refractivity contribution in [3.05, 3.63) is 53.5 Å². The number of hydrogen-bond donors (Lipinski definition) is 0. The molecule has 2 aliphatic carbocycles. The number of hydrogen-bond acceptors (Lipinski definition) is 0. The molecule has 2 heteroatoms. The van der Waals surface area contributed by atoms with Gasteiger partial charge in [0.1, 0.15) is 0 Å². The largest absolute Gasteiger partial charge is 0.155 e. The van der Waals surface area contributed by atoms with E-state index >= 15 is 0 Å². The molecule has 0 N–H and O–H groups in total. The first-order chi connectivity index (χ1) is 5.88. The van der Waals surface area contributed by atoms with E-state index in [2.05, 4.69) is 43.4 Å². The SMILES string of the molecule is C[C-](C1=CC=CC1)C1=CC=CC1.Cl.[Hf]. The third kappa shape index (κ3) is 2.99. The maximum atomic E-state index is 2.22. The van der Waals surface area contributed by atoms with Crippen molar-refractivity contribution in [1.29, 1.82) is 0 Å². The predicted molar refractivity (Wildman–Crippen MR) is 59.8 cm³/mol. The Kier molecular flexibility index (Phi) is 6.46. The molecule has 0 spiro atoms. The Bertz CT molecular complexity index is 267. The third-order valence-corrected chi connectivity index (χ3v) is 2.51. The average molecular weight is 372 g/mol. The first-order valence-electron chi connectivity index (χ1n) is 4.43. The fourth-order valence-corrected chi connectivity index (χ4v) is 1.66. The Hall–Kier alpha value is -0.00987. The van der Waals surface area contributed by atoms with Crippen molar-refractivity contribution >= 4 is 12.4 Å². The molecule has 0 saturated heterocycles. The summed E-state index contributed by atoms with van der Waals surface area (Å²) in [6.07, 6.45) is 15.4. The Morgan fingerprint density at radius 2 is 1.43 bits per heavy atom. The molecule has 0 radical (unpaired) electrons. The van der Waals surface area contributed by atoms with Gasteiger partial charge in [0.05, 0.1) is 0 Å². The molecule has 0 atom stereocenters. The molecule has 2 aliphatic rings. The zero-order valence-corrected chi connectivity index (χ0v) is 12.7. The minimum atomic E-state index is 0. The van der Waals surface area contributed by atoms with Gasteiger partial charge in [-0.05, 0) is 12.8 Å². The Morgan fingerprint density at radius 3 is 1.71 bits per heavy atom. The van der Waals surface area contributed by atoms with Crippen LogP contribution in [-0.4, -0.2) is 0 Å². The van der Waals surface area contributed by atoms with Crippen LogP contribution in [0.3, 0.4) is 0 Å². The van der Waals surface area contributed by atoms with Crippen LogP contribution in [0, 0.1) is 5.92 Å². The van der Waals surface area contributed by atoms with Crippen molar-refractivity contribution in [3.8, 4) is 0 Å². The molecule has 0 nitrogen and oxygen atoms in total. The zero-order chi connectivity index (χ0) is 8.39. The molecule has 14 heavy (non-hydrogen) atoms. The second-order valence-electron chi connectivity index (χ2n) is 3.27. The molecule has 0 bridgehead atoms. The molecule has 0 aromatic rings. The van der Waals surface area contributed by atoms with Crippen LogP contribution in [0.5, 0.6) is 0 Å². The van der Waals surface area contributed by atoms with Crippen molar-refractivity contribution in [2.75, 3.05) is 0 Å². The summed E-state index contributed by atoms with van der Waals surface area (Å²) in [6, 6.07) is 0. The summed E-state index contributed by atoms with van der Waals surface area (Å²) in [4.78, 5) is 0. The van der Waals surface area contributed by atoms with Crippen LogP contribution in [0.1, 0.15) is 19.8 Å². The fourth-order valence-electron chi connectivity index (χ4n) is 1.66. The molecule has 0 heterocycles. The van der Waals surface area contributed by atoms with E-state index in [-0.39, 0.29) is 38.3 Å². The molecule has 74 valence electrons. The standard InChI is InChI=1S/C12H13.ClH.Hf/c1-10(11-6-2-3-7-11)12-8-4-5-9-12;;/h2-6,8H,7,9H2,1H3;1H;/q-1;;. The molecule has 0 unspecified atom stereocenters. The summed E-state index contributed by atoms with van der Waals surface area (Å²) in [6.45, 7) is 2.22. The first-order valence-corrected chi connectivity index (χ1v) is 4.43. The van der Waals surface area contributed by atoms with Crippen LogP contribution in [0.4, 0.5) is 0 Å². The molecule has 2 rings (SSSR count). The van der Waals surface area contributed by atoms with E-state index in [9.17, 15) is 0 Å². The van der Waals surface area contributed by atoms with Gasteiger partial charge >= 0.3 is 0 Å². The van der Waals surface area contributed by atoms with Gasteiger partial charge in [0.25, 0.3) is 0 Å². The van der Waals surface area contributed by atoms with E-state index in [1.54, 1.807) is 0 Å². The quantitative estimate of drug-likeness (QED) is 0.512. The summed E-state index contributed by atoms with van der Waals surface area (Å²) in [7, 11) is 0. The molecule has 0 aromatic heterocycles. The molecular formula is C12H14ClHf-. The van der Waals surface area contributed by atoms with Crippen LogP contribution in [0.25, 0.3) is 0 Å². The van der Waals surface area contributed by atoms with Gasteiger partial charge in [0, 0.05) is 25.8 Å². The number of halogens is 1. The smallest absolute Gasteiger partial charge is 0 e. The van der Waals surface area contributed by atoms with Crippen molar-refractivity contribution in [3.63, 3.8) is 0 Å². The average Bonchev–Trinajstić information content (AvgIpc) is 2.77. The summed E-state index contributed by atoms with van der Waals surface area (Å²) in [5.41, 5.74) is 2.95. The van der Waals surface area contributed by atoms with Crippen molar-refractivity contribution in [1.82, 2.24) is 0 Å². The van der Waals surface area contributed by atoms with Crippen LogP contribution in [0.2, 0.25) is 0 Å². The van der Waals surface area contributed by atoms with Gasteiger partial charge in [-0.2, -0.15) is 18.1 Å². The summed E-state index contributed by atoms with van der Waals surface area (Å²) < 4.78 is 0. The second-order valence-corrected chi connectivity index (χ2v) is 3.27. The minimum absolute atomic E-state index is 0. The predicted octanol–water partition coefficient (Wildman–Crippen LogP) is 3.77. The molecule has 0 saturated carbocycles. The van der Waals surface area contributed by atoms with E-state index in [4.69, 9.17) is 0 Å². The van der Waals surface area contributed by atoms with E-state index in [1.807, 2.05) is 0 Å². The van der Waals surface area contributed by atoms with E-state index in [0.29, 0.717) is 0 Å². The molecule has 0 aromatic carbocycles. The maximum absolute atomic E-state index is 2.22. The monoisotopic (exact) mass is 373 g/mol. The Morgan fingerprint density at radius 1 is 1.00 bits per heavy atom. The van der Waals surface area contributed by atoms with Gasteiger partial charge in [-0.1, -0.05) is 19.1 Å². The fraction of sp³-hybridized carbons (Fsp3) is 0.250. The number of allylic oxidation sites excluding steroid dienone is 8. The summed E-state index contributed by atoms with van der Waals surface area (Å²) in [5.74, 6) is 1.46. The van der Waals surface area contributed by atoms with E-state index < -0.39 is 0 Å². The van der Waals surface area contributed by atoms with Crippen LogP contribution < -0.4 is 0 Å². The van der Waals surface area contributed by atoms with Gasteiger partial charge in [0.15, 0.2) is 0 Å². The second kappa shape index (κ2) is 6.47. The van der Waals surface area contributed by atoms with Crippen LogP contribution in [-0.2, 0) is 25.8 Å². The van der Waals surface area contributed by atoms with Crippen molar-refractivity contribution < 1.29 is 25.8 Å². The van der Waals surface area contributed by atoms with Gasteiger partial charge in [-0.25, -0.2) is 0 Å². The van der Waals surface area contributed by atoms with Gasteiger partial charge < -0.3 is 0 Å². The third-order valence-electron chi connectivity index (χ3n) is 2.51. The molecule has 0 fully saturated rings. The van der Waals surface area contributed by atoms with Gasteiger partial charge in [0.2, 0.25) is 0 Å². The Labute approximate surface area is 111 Å². The number of rotatable bonds is 2. The molecular weight excluding hydrogens is 358 g/mol. The zero-order valence-electron chi connectivity index (χ0n) is 8.29. The van der Waals surface area contributed by atoms with Crippen molar-refractivity contribution in [2.24, 2.45) is 0 Å². The summed E-state index contributed by atoms with van der Waals surface area (Å²) in [5, 5.41) is 0. The first kappa shape index (κ1) is 14.0. The maximum Gasteiger partial charge on any atom is 0 e. The van der Waals surface area contributed by atoms with E-state index in [1.165, 1.54) is 17.1 Å². The topological polar surface area (TPSA) is 0 Å². The van der Waals surface area contributed by atoms with Crippen LogP contribution >= 0.6 is 12.4 Å². The summed E-state index contributed by atoms with van der Waals surface area (Å²) >= 11 is 0. The normalized spacial score (nSPS) is 16.9. The van der Waals surface area contributed by atoms with Crippen LogP contribution in [0.15, 0.2) is 47.6 Å². The van der Waals surface area contributed by atoms with Crippen molar-refractivity contribution in [2.45, 2.75) is 19.8 Å². The molecule has 0 amide bonds. The van der Waals surface area contributed by atoms with Gasteiger partial charge in [-0.15, -0.1) is 35.7 Å². The molecule has 0 aliphatic heterocycles. The van der Waals surface area contributed by atoms with E-state index in [0.717, 1.165) is 12.8 Å². The Balaban J connectivity index is 0.000000845. The van der Waals surface area contributed by atoms with Gasteiger partial charge in [-0.3, -0.25) is 0 Å².